The Morgan fingerprint density at radius 1 is 0.241 bits per heavy atom. The normalized spacial score (nSPS) is 12.6. The molecular formula is C77H136O6. The van der Waals surface area contributed by atoms with Gasteiger partial charge >= 0.3 is 17.9 Å². The molecule has 480 valence electrons. The molecule has 6 nitrogen and oxygen atoms in total. The second-order valence-corrected chi connectivity index (χ2v) is 24.1. The van der Waals surface area contributed by atoms with E-state index in [1.165, 1.54) is 205 Å². The van der Waals surface area contributed by atoms with Gasteiger partial charge in [0.15, 0.2) is 6.10 Å². The summed E-state index contributed by atoms with van der Waals surface area (Å²) in [7, 11) is 0. The van der Waals surface area contributed by atoms with Crippen LogP contribution in [0.25, 0.3) is 0 Å². The third kappa shape index (κ3) is 69.3. The van der Waals surface area contributed by atoms with Crippen molar-refractivity contribution in [2.45, 2.75) is 374 Å². The van der Waals surface area contributed by atoms with Crippen LogP contribution in [0.15, 0.2) is 85.1 Å². The van der Waals surface area contributed by atoms with Crippen LogP contribution in [0.3, 0.4) is 0 Å². The average Bonchev–Trinajstić information content (AvgIpc) is 3.49. The summed E-state index contributed by atoms with van der Waals surface area (Å²) in [4.78, 5) is 38.4. The van der Waals surface area contributed by atoms with Crippen LogP contribution in [0.4, 0.5) is 0 Å². The zero-order chi connectivity index (χ0) is 59.9. The molecule has 6 heteroatoms. The van der Waals surface area contributed by atoms with E-state index < -0.39 is 6.10 Å². The summed E-state index contributed by atoms with van der Waals surface area (Å²) in [5, 5.41) is 0. The summed E-state index contributed by atoms with van der Waals surface area (Å²) < 4.78 is 17.0. The van der Waals surface area contributed by atoms with E-state index in [-0.39, 0.29) is 31.1 Å². The molecule has 0 aliphatic heterocycles. The maximum Gasteiger partial charge on any atom is 0.306 e. The summed E-state index contributed by atoms with van der Waals surface area (Å²) in [5.74, 6) is -0.894. The fourth-order valence-corrected chi connectivity index (χ4v) is 10.4. The van der Waals surface area contributed by atoms with Crippen LogP contribution in [0.1, 0.15) is 367 Å². The van der Waals surface area contributed by atoms with Gasteiger partial charge in [0.25, 0.3) is 0 Å². The van der Waals surface area contributed by atoms with Crippen LogP contribution in [-0.4, -0.2) is 37.2 Å². The number of esters is 3. The van der Waals surface area contributed by atoms with Gasteiger partial charge in [-0.25, -0.2) is 0 Å². The number of carbonyl (C=O) groups is 3. The Balaban J connectivity index is 4.22. The minimum absolute atomic E-state index is 0.0838. The fourth-order valence-electron chi connectivity index (χ4n) is 10.4. The van der Waals surface area contributed by atoms with Crippen molar-refractivity contribution in [3.63, 3.8) is 0 Å². The van der Waals surface area contributed by atoms with Crippen molar-refractivity contribution in [3.8, 4) is 0 Å². The molecule has 0 fully saturated rings. The highest BCUT2D eigenvalue weighted by molar-refractivity contribution is 5.71. The van der Waals surface area contributed by atoms with E-state index in [0.29, 0.717) is 19.3 Å². The molecule has 83 heavy (non-hydrogen) atoms. The van der Waals surface area contributed by atoms with Gasteiger partial charge in [-0.05, 0) is 116 Å². The highest BCUT2D eigenvalue weighted by Gasteiger charge is 2.19. The number of carbonyl (C=O) groups excluding carboxylic acids is 3. The van der Waals surface area contributed by atoms with Crippen molar-refractivity contribution in [2.24, 2.45) is 0 Å². The number of hydrogen-bond acceptors (Lipinski definition) is 6. The third-order valence-corrected chi connectivity index (χ3v) is 15.8. The van der Waals surface area contributed by atoms with Crippen LogP contribution >= 0.6 is 0 Å². The Morgan fingerprint density at radius 3 is 0.723 bits per heavy atom. The molecule has 0 bridgehead atoms. The predicted molar refractivity (Wildman–Crippen MR) is 362 cm³/mol. The van der Waals surface area contributed by atoms with Crippen molar-refractivity contribution in [3.05, 3.63) is 85.1 Å². The number of allylic oxidation sites excluding steroid dienone is 14. The molecule has 0 rings (SSSR count). The highest BCUT2D eigenvalue weighted by atomic mass is 16.6. The first-order valence-corrected chi connectivity index (χ1v) is 36.1. The van der Waals surface area contributed by atoms with E-state index in [1.807, 2.05) is 0 Å². The Kier molecular flexibility index (Phi) is 68.2. The van der Waals surface area contributed by atoms with Crippen LogP contribution in [0.2, 0.25) is 0 Å². The van der Waals surface area contributed by atoms with Gasteiger partial charge in [-0.1, -0.05) is 318 Å². The molecule has 0 aliphatic rings. The number of ether oxygens (including phenoxy) is 3. The highest BCUT2D eigenvalue weighted by Crippen LogP contribution is 2.17. The van der Waals surface area contributed by atoms with Gasteiger partial charge in [-0.2, -0.15) is 0 Å². The van der Waals surface area contributed by atoms with E-state index in [1.54, 1.807) is 0 Å². The van der Waals surface area contributed by atoms with E-state index in [9.17, 15) is 14.4 Å². The lowest BCUT2D eigenvalue weighted by atomic mass is 10.0. The van der Waals surface area contributed by atoms with Gasteiger partial charge in [-0.15, -0.1) is 0 Å². The summed E-state index contributed by atoms with van der Waals surface area (Å²) >= 11 is 0. The molecule has 0 saturated carbocycles. The first kappa shape index (κ1) is 79.6. The number of unbranched alkanes of at least 4 members (excludes halogenated alkanes) is 41. The largest absolute Gasteiger partial charge is 0.462 e. The Bertz CT molecular complexity index is 1570. The minimum atomic E-state index is -0.790. The van der Waals surface area contributed by atoms with Crippen molar-refractivity contribution in [1.82, 2.24) is 0 Å². The molecule has 1 atom stereocenters. The monoisotopic (exact) mass is 1160 g/mol. The molecular weight excluding hydrogens is 1020 g/mol. The second-order valence-electron chi connectivity index (χ2n) is 24.1. The van der Waals surface area contributed by atoms with Gasteiger partial charge < -0.3 is 14.2 Å². The Labute approximate surface area is 515 Å². The predicted octanol–water partition coefficient (Wildman–Crippen LogP) is 25.0. The van der Waals surface area contributed by atoms with Crippen LogP contribution in [0, 0.1) is 0 Å². The van der Waals surface area contributed by atoms with Crippen molar-refractivity contribution >= 4 is 17.9 Å². The lowest BCUT2D eigenvalue weighted by molar-refractivity contribution is -0.167. The zero-order valence-corrected chi connectivity index (χ0v) is 55.2. The molecule has 0 amide bonds. The SMILES string of the molecule is CCC/C=C\C/C=C\CCCCCCCC(=O)OCC(COC(=O)CCCCCCCCCCCCCCCCCCCCC/C=C\C/C=C\CCCCCCC)OC(=O)CCCCCCCC/C=C\C/C=C\C/C=C\CCCCCCC. The summed E-state index contributed by atoms with van der Waals surface area (Å²) in [6, 6.07) is 0. The lowest BCUT2D eigenvalue weighted by Gasteiger charge is -2.18. The van der Waals surface area contributed by atoms with E-state index in [0.717, 1.165) is 122 Å². The quantitative estimate of drug-likeness (QED) is 0.0261. The second kappa shape index (κ2) is 71.1. The molecule has 0 radical (unpaired) electrons. The molecule has 0 aromatic heterocycles. The molecule has 0 aromatic carbocycles. The molecule has 0 N–H and O–H groups in total. The maximum absolute atomic E-state index is 12.9. The molecule has 0 aromatic rings. The number of hydrogen-bond donors (Lipinski definition) is 0. The van der Waals surface area contributed by atoms with Gasteiger partial charge in [0, 0.05) is 19.3 Å². The molecule has 0 aliphatic carbocycles. The zero-order valence-electron chi connectivity index (χ0n) is 55.2. The topological polar surface area (TPSA) is 78.9 Å². The summed E-state index contributed by atoms with van der Waals surface area (Å²) in [6.45, 7) is 6.58. The average molecular weight is 1160 g/mol. The Hall–Kier alpha value is -3.41. The van der Waals surface area contributed by atoms with Crippen molar-refractivity contribution in [1.29, 1.82) is 0 Å². The van der Waals surface area contributed by atoms with E-state index in [4.69, 9.17) is 14.2 Å². The van der Waals surface area contributed by atoms with Gasteiger partial charge in [0.2, 0.25) is 0 Å². The summed E-state index contributed by atoms with van der Waals surface area (Å²) in [6.07, 6.45) is 94.8. The maximum atomic E-state index is 12.9. The van der Waals surface area contributed by atoms with E-state index >= 15 is 0 Å². The molecule has 0 heterocycles. The Morgan fingerprint density at radius 2 is 0.458 bits per heavy atom. The van der Waals surface area contributed by atoms with Gasteiger partial charge in [0.1, 0.15) is 13.2 Å². The fraction of sp³-hybridized carbons (Fsp3) is 0.779. The standard InChI is InChI=1S/C77H136O6/c1-4-7-10-13-16-19-22-25-27-29-31-33-34-35-36-37-38-39-40-41-42-44-45-47-49-52-55-58-61-64-67-70-76(79)82-73-74(72-81-75(78)69-66-63-60-57-54-51-24-21-18-15-12-9-6-3)83-77(80)71-68-65-62-59-56-53-50-48-46-43-32-30-28-26-23-20-17-14-11-8-5-2/h12,15,21-26,29-32,46,48,74H,4-11,13-14,16-20,27-28,33-45,47,49-73H2,1-3H3/b15-12-,24-21-,25-22-,26-23-,31-29-,32-30-,48-46-. The summed E-state index contributed by atoms with van der Waals surface area (Å²) in [5.41, 5.74) is 0. The molecule has 0 spiro atoms. The third-order valence-electron chi connectivity index (χ3n) is 15.8. The molecule has 0 saturated heterocycles. The first-order valence-electron chi connectivity index (χ1n) is 36.1. The first-order chi connectivity index (χ1) is 41.0. The van der Waals surface area contributed by atoms with Crippen LogP contribution in [-0.2, 0) is 28.6 Å². The van der Waals surface area contributed by atoms with Crippen LogP contribution < -0.4 is 0 Å². The van der Waals surface area contributed by atoms with Gasteiger partial charge in [-0.3, -0.25) is 14.4 Å². The number of rotatable bonds is 66. The van der Waals surface area contributed by atoms with Crippen molar-refractivity contribution < 1.29 is 28.6 Å². The van der Waals surface area contributed by atoms with Crippen molar-refractivity contribution in [2.75, 3.05) is 13.2 Å². The molecule has 1 unspecified atom stereocenters. The lowest BCUT2D eigenvalue weighted by Crippen LogP contribution is -2.30. The minimum Gasteiger partial charge on any atom is -0.462 e. The smallest absolute Gasteiger partial charge is 0.306 e. The van der Waals surface area contributed by atoms with Crippen LogP contribution in [0.5, 0.6) is 0 Å². The van der Waals surface area contributed by atoms with Gasteiger partial charge in [0.05, 0.1) is 0 Å². The van der Waals surface area contributed by atoms with E-state index in [2.05, 4.69) is 106 Å².